The van der Waals surface area contributed by atoms with Crippen molar-refractivity contribution in [1.29, 1.82) is 0 Å². The van der Waals surface area contributed by atoms with Crippen LogP contribution < -0.4 is 19.9 Å². The van der Waals surface area contributed by atoms with Crippen LogP contribution in [0.3, 0.4) is 0 Å². The van der Waals surface area contributed by atoms with Gasteiger partial charge in [-0.2, -0.15) is 0 Å². The maximum absolute atomic E-state index is 14.0. The molecule has 68 heavy (non-hydrogen) atoms. The number of anilines is 2. The average Bonchev–Trinajstić information content (AvgIpc) is 4.04. The van der Waals surface area contributed by atoms with Gasteiger partial charge < -0.3 is 29.7 Å². The Bertz CT molecular complexity index is 2660. The maximum atomic E-state index is 14.0. The van der Waals surface area contributed by atoms with Gasteiger partial charge in [-0.25, -0.2) is 4.85 Å². The number of hydrogen-bond donors (Lipinski definition) is 2. The number of aromatic nitrogens is 1. The number of halogens is 1. The van der Waals surface area contributed by atoms with Crippen molar-refractivity contribution in [3.8, 4) is 27.3 Å². The van der Waals surface area contributed by atoms with Crippen LogP contribution in [0.25, 0.3) is 26.4 Å². The van der Waals surface area contributed by atoms with Crippen molar-refractivity contribution in [2.45, 2.75) is 90.4 Å². The molecule has 0 spiro atoms. The number of β-amino-alcohol motifs (C(OH)–C–C–N with tert-alkyl or cyclic N) is 1. The molecule has 4 aromatic carbocycles. The largest absolute Gasteiger partial charge is 0.494 e. The Morgan fingerprint density at radius 3 is 2.25 bits per heavy atom. The summed E-state index contributed by atoms with van der Waals surface area (Å²) in [5.74, 6) is -0.450. The first kappa shape index (κ1) is 49.9. The predicted molar refractivity (Wildman–Crippen MR) is 270 cm³/mol. The number of ketones is 1. The summed E-state index contributed by atoms with van der Waals surface area (Å²) in [6, 6.07) is 26.7. The highest BCUT2D eigenvalue weighted by atomic mass is 35.5. The second kappa shape index (κ2) is 21.5. The molecule has 13 nitrogen and oxygen atoms in total. The molecule has 2 fully saturated rings. The van der Waals surface area contributed by atoms with Gasteiger partial charge in [0.2, 0.25) is 17.5 Å². The third-order valence-electron chi connectivity index (χ3n) is 12.2. The van der Waals surface area contributed by atoms with Crippen LogP contribution in [0.15, 0.2) is 103 Å². The van der Waals surface area contributed by atoms with E-state index in [4.69, 9.17) is 39.9 Å². The van der Waals surface area contributed by atoms with E-state index in [9.17, 15) is 24.3 Å². The van der Waals surface area contributed by atoms with Gasteiger partial charge >= 0.3 is 0 Å². The molecule has 1 aromatic heterocycles. The number of thiocarbonyl (C=S) groups is 1. The highest BCUT2D eigenvalue weighted by Gasteiger charge is 2.50. The number of carbonyl (C=O) groups is 4. The van der Waals surface area contributed by atoms with Crippen molar-refractivity contribution in [1.82, 2.24) is 15.2 Å². The molecular weight excluding hydrogens is 920 g/mol. The van der Waals surface area contributed by atoms with Gasteiger partial charge in [-0.1, -0.05) is 87.0 Å². The number of ether oxygens (including phenoxy) is 2. The van der Waals surface area contributed by atoms with Crippen molar-refractivity contribution >= 4 is 80.8 Å². The van der Waals surface area contributed by atoms with Crippen molar-refractivity contribution in [3.05, 3.63) is 125 Å². The molecule has 2 N–H and O–H groups in total. The first-order valence-corrected chi connectivity index (χ1v) is 24.2. The Labute approximate surface area is 411 Å². The first-order valence-electron chi connectivity index (χ1n) is 22.5. The quantitative estimate of drug-likeness (QED) is 0.0495. The molecule has 0 radical (unpaired) electrons. The topological polar surface area (TPSA) is 146 Å². The molecule has 354 valence electrons. The molecule has 0 saturated carbocycles. The number of Topliss-reactive ketones (excluding diaryl/α,β-unsaturated/α-hetero) is 1. The molecule has 2 aliphatic rings. The molecule has 7 rings (SSSR count). The number of aliphatic hydroxyl groups is 1. The lowest BCUT2D eigenvalue weighted by Crippen LogP contribution is -2.57. The van der Waals surface area contributed by atoms with Crippen LogP contribution in [0.5, 0.6) is 5.75 Å². The molecule has 0 unspecified atom stereocenters. The first-order chi connectivity index (χ1) is 32.5. The number of amides is 3. The summed E-state index contributed by atoms with van der Waals surface area (Å²) in [6.45, 7) is 17.0. The Morgan fingerprint density at radius 1 is 0.971 bits per heavy atom. The van der Waals surface area contributed by atoms with Crippen molar-refractivity contribution in [3.63, 3.8) is 0 Å². The van der Waals surface area contributed by atoms with Crippen LogP contribution in [0.1, 0.15) is 65.9 Å². The van der Waals surface area contributed by atoms with E-state index in [0.29, 0.717) is 54.7 Å². The summed E-state index contributed by atoms with van der Waals surface area (Å²) in [7, 11) is 0. The average molecular weight is 976 g/mol. The van der Waals surface area contributed by atoms with E-state index in [1.54, 1.807) is 35.0 Å². The van der Waals surface area contributed by atoms with Crippen molar-refractivity contribution < 1.29 is 33.8 Å². The lowest BCUT2D eigenvalue weighted by atomic mass is 9.85. The highest BCUT2D eigenvalue weighted by molar-refractivity contribution is 7.81. The Hall–Kier alpha value is -6.02. The molecule has 3 amide bonds. The fraction of sp³-hybridized carbons (Fsp3) is 0.365. The van der Waals surface area contributed by atoms with Crippen LogP contribution in [0.2, 0.25) is 5.02 Å². The second-order valence-electron chi connectivity index (χ2n) is 18.5. The van der Waals surface area contributed by atoms with Gasteiger partial charge in [-0.05, 0) is 109 Å². The third-order valence-corrected chi connectivity index (χ3v) is 13.6. The zero-order valence-corrected chi connectivity index (χ0v) is 41.1. The van der Waals surface area contributed by atoms with Crippen molar-refractivity contribution in [2.75, 3.05) is 36.2 Å². The van der Waals surface area contributed by atoms with Gasteiger partial charge in [0.15, 0.2) is 10.9 Å². The summed E-state index contributed by atoms with van der Waals surface area (Å²) in [6.07, 6.45) is 3.21. The normalized spacial score (nSPS) is 17.3. The number of nitrogens with one attached hydrogen (secondary N) is 1. The molecule has 5 aromatic rings. The summed E-state index contributed by atoms with van der Waals surface area (Å²) in [4.78, 5) is 67.5. The highest BCUT2D eigenvalue weighted by Crippen LogP contribution is 2.39. The van der Waals surface area contributed by atoms with Crippen LogP contribution in [0, 0.1) is 12.0 Å². The number of thiazole rings is 1. The summed E-state index contributed by atoms with van der Waals surface area (Å²) >= 11 is 13.7. The number of nitrogens with zero attached hydrogens (tertiary/aromatic N) is 5. The molecule has 0 aliphatic carbocycles. The van der Waals surface area contributed by atoms with Gasteiger partial charge in [0.1, 0.15) is 23.9 Å². The predicted octanol–water partition coefficient (Wildman–Crippen LogP) is 9.47. The summed E-state index contributed by atoms with van der Waals surface area (Å²) < 4.78 is 11.7. The van der Waals surface area contributed by atoms with Gasteiger partial charge in [0, 0.05) is 42.9 Å². The number of likely N-dealkylation sites (tertiary alicyclic amines) is 1. The van der Waals surface area contributed by atoms with Crippen molar-refractivity contribution in [2.24, 2.45) is 5.41 Å². The number of hydrogen-bond acceptors (Lipinski definition) is 10. The molecule has 16 heteroatoms. The van der Waals surface area contributed by atoms with Gasteiger partial charge in [-0.3, -0.25) is 29.1 Å². The molecule has 0 bridgehead atoms. The number of aliphatic hydroxyl groups excluding tert-OH is 1. The summed E-state index contributed by atoms with van der Waals surface area (Å²) in [5.41, 5.74) is 5.73. The number of rotatable bonds is 18. The van der Waals surface area contributed by atoms with E-state index < -0.39 is 41.0 Å². The molecule has 3 atom stereocenters. The summed E-state index contributed by atoms with van der Waals surface area (Å²) in [5, 5.41) is 14.0. The smallest absolute Gasteiger partial charge is 0.259 e. The third kappa shape index (κ3) is 11.5. The zero-order chi connectivity index (χ0) is 48.8. The minimum Gasteiger partial charge on any atom is -0.494 e. The van der Waals surface area contributed by atoms with E-state index >= 15 is 0 Å². The molecule has 2 aliphatic heterocycles. The van der Waals surface area contributed by atoms with Crippen LogP contribution in [0.4, 0.5) is 17.1 Å². The minimum atomic E-state index is -0.963. The van der Waals surface area contributed by atoms with E-state index in [0.717, 1.165) is 32.8 Å². The van der Waals surface area contributed by atoms with Crippen LogP contribution >= 0.6 is 35.2 Å². The van der Waals surface area contributed by atoms with Gasteiger partial charge in [-0.15, -0.1) is 11.3 Å². The fourth-order valence-electron chi connectivity index (χ4n) is 8.40. The molecule has 3 heterocycles. The van der Waals surface area contributed by atoms with E-state index in [1.165, 1.54) is 9.80 Å². The number of unbranched alkanes of at least 4 members (excludes halogenated alkanes) is 1. The standard InChI is InChI=1S/C52H55ClN6O7S2/c1-51(2,3)47(48(63)57-30-39(60)28-43(57)44(61)24-11-33-9-12-36(13-10-33)45-29-55-32-68-45)56-46(62)31-65-25-7-8-26-66-40-21-16-35(17-22-40)34-14-18-37(19-15-34)59-50(67)58(49(64)52(59,4)5)38-20-23-42(54-6)41(53)27-38/h9-10,12-23,27,29,32,39,43,47,60H,7-8,11,24-26,28,30-31H2,1-5H3,(H,56,62)/t39-,43+,47-/m1/s1. The Kier molecular flexibility index (Phi) is 15.8. The SMILES string of the molecule is [C-]#[N+]c1ccc(N2C(=O)C(C)(C)N(c3ccc(-c4ccc(OCCCCOCC(=O)N[C@H](C(=O)N5C[C@H](O)C[C@H]5C(=O)CCc5ccc(-c6cncs6)cc5)C(C)(C)C)cc4)cc3)C2=S)cc1Cl. The van der Waals surface area contributed by atoms with Gasteiger partial charge in [0.25, 0.3) is 5.91 Å². The van der Waals surface area contributed by atoms with E-state index in [2.05, 4.69) is 15.1 Å². The zero-order valence-electron chi connectivity index (χ0n) is 38.7. The number of carbonyl (C=O) groups excluding carboxylic acids is 4. The maximum Gasteiger partial charge on any atom is 0.259 e. The van der Waals surface area contributed by atoms with Crippen LogP contribution in [-0.2, 0) is 30.3 Å². The number of aryl methyl sites for hydroxylation is 1. The second-order valence-corrected chi connectivity index (χ2v) is 20.2. The monoisotopic (exact) mass is 974 g/mol. The molecule has 2 saturated heterocycles. The lowest BCUT2D eigenvalue weighted by Gasteiger charge is -2.35. The van der Waals surface area contributed by atoms with Crippen LogP contribution in [-0.4, -0.2) is 93.7 Å². The Balaban J connectivity index is 0.831. The van der Waals surface area contributed by atoms with E-state index in [1.807, 2.05) is 119 Å². The Morgan fingerprint density at radius 2 is 1.62 bits per heavy atom. The fourth-order valence-corrected chi connectivity index (χ4v) is 9.77. The molecular formula is C52H55ClN6O7S2. The van der Waals surface area contributed by atoms with Gasteiger partial charge in [0.05, 0.1) is 41.4 Å². The van der Waals surface area contributed by atoms with E-state index in [-0.39, 0.29) is 42.7 Å². The minimum absolute atomic E-state index is 0.0251. The lowest BCUT2D eigenvalue weighted by molar-refractivity contribution is -0.144. The number of benzene rings is 4.